The SMILES string of the molecule is N#Cc1c(N)c(Cl)c(F)c(C#N)c1Cl. The van der Waals surface area contributed by atoms with Crippen molar-refractivity contribution in [1.29, 1.82) is 10.5 Å². The normalized spacial score (nSPS) is 9.21. The summed E-state index contributed by atoms with van der Waals surface area (Å²) in [5.74, 6) is -1.00. The molecule has 1 aromatic rings. The number of hydrogen-bond acceptors (Lipinski definition) is 3. The minimum atomic E-state index is -1.00. The zero-order chi connectivity index (χ0) is 10.9. The van der Waals surface area contributed by atoms with Crippen LogP contribution in [0, 0.1) is 28.5 Å². The average molecular weight is 230 g/mol. The highest BCUT2D eigenvalue weighted by atomic mass is 35.5. The summed E-state index contributed by atoms with van der Waals surface area (Å²) in [6, 6.07) is 3.16. The third-order valence-corrected chi connectivity index (χ3v) is 2.33. The predicted molar refractivity (Wildman–Crippen MR) is 50.3 cm³/mol. The molecule has 0 aliphatic carbocycles. The van der Waals surface area contributed by atoms with E-state index in [-0.39, 0.29) is 16.3 Å². The maximum Gasteiger partial charge on any atom is 0.163 e. The highest BCUT2D eigenvalue weighted by molar-refractivity contribution is 6.37. The summed E-state index contributed by atoms with van der Waals surface area (Å²) in [4.78, 5) is 0. The standard InChI is InChI=1S/C8H2Cl2FN3/c9-5-3(1-12)7(11)6(10)8(14)4(5)2-13/h14H2. The van der Waals surface area contributed by atoms with E-state index in [2.05, 4.69) is 0 Å². The minimum absolute atomic E-state index is 0.186. The van der Waals surface area contributed by atoms with Gasteiger partial charge in [-0.25, -0.2) is 4.39 Å². The Hall–Kier alpha value is -1.49. The van der Waals surface area contributed by atoms with Crippen LogP contribution in [0.2, 0.25) is 10.0 Å². The molecule has 0 unspecified atom stereocenters. The molecule has 0 atom stereocenters. The predicted octanol–water partition coefficient (Wildman–Crippen LogP) is 2.46. The molecule has 1 aromatic carbocycles. The Morgan fingerprint density at radius 1 is 1.07 bits per heavy atom. The van der Waals surface area contributed by atoms with Crippen molar-refractivity contribution in [3.8, 4) is 12.1 Å². The van der Waals surface area contributed by atoms with Gasteiger partial charge in [-0.15, -0.1) is 0 Å². The number of benzene rings is 1. The van der Waals surface area contributed by atoms with E-state index in [1.54, 1.807) is 6.07 Å². The third-order valence-electron chi connectivity index (χ3n) is 1.58. The zero-order valence-corrected chi connectivity index (χ0v) is 8.12. The first kappa shape index (κ1) is 10.6. The number of nitrogens with two attached hydrogens (primary N) is 1. The Balaban J connectivity index is 3.78. The monoisotopic (exact) mass is 229 g/mol. The quantitative estimate of drug-likeness (QED) is 0.549. The van der Waals surface area contributed by atoms with Crippen molar-refractivity contribution in [3.63, 3.8) is 0 Å². The highest BCUT2D eigenvalue weighted by Gasteiger charge is 2.20. The Bertz CT molecular complexity index is 444. The van der Waals surface area contributed by atoms with Crippen LogP contribution in [0.15, 0.2) is 0 Å². The highest BCUT2D eigenvalue weighted by Crippen LogP contribution is 2.34. The van der Waals surface area contributed by atoms with E-state index in [9.17, 15) is 4.39 Å². The smallest absolute Gasteiger partial charge is 0.163 e. The van der Waals surface area contributed by atoms with Gasteiger partial charge in [0.15, 0.2) is 5.82 Å². The average Bonchev–Trinajstić information content (AvgIpc) is 2.16. The van der Waals surface area contributed by atoms with Crippen LogP contribution in [-0.4, -0.2) is 0 Å². The van der Waals surface area contributed by atoms with Crippen LogP contribution in [0.5, 0.6) is 0 Å². The third kappa shape index (κ3) is 1.35. The van der Waals surface area contributed by atoms with E-state index in [4.69, 9.17) is 39.5 Å². The van der Waals surface area contributed by atoms with Crippen molar-refractivity contribution in [2.75, 3.05) is 5.73 Å². The number of nitrogen functional groups attached to an aromatic ring is 1. The lowest BCUT2D eigenvalue weighted by atomic mass is 10.1. The molecular formula is C8H2Cl2FN3. The molecule has 14 heavy (non-hydrogen) atoms. The molecule has 0 spiro atoms. The summed E-state index contributed by atoms with van der Waals surface area (Å²) in [6.07, 6.45) is 0. The first-order valence-electron chi connectivity index (χ1n) is 3.30. The van der Waals surface area contributed by atoms with Crippen molar-refractivity contribution in [1.82, 2.24) is 0 Å². The van der Waals surface area contributed by atoms with Crippen LogP contribution >= 0.6 is 23.2 Å². The first-order valence-corrected chi connectivity index (χ1v) is 4.06. The van der Waals surface area contributed by atoms with Crippen molar-refractivity contribution in [2.24, 2.45) is 0 Å². The Morgan fingerprint density at radius 3 is 2.00 bits per heavy atom. The molecule has 0 heterocycles. The summed E-state index contributed by atoms with van der Waals surface area (Å²) >= 11 is 11.0. The fourth-order valence-electron chi connectivity index (χ4n) is 0.885. The van der Waals surface area contributed by atoms with Gasteiger partial charge in [0, 0.05) is 0 Å². The fraction of sp³-hybridized carbons (Fsp3) is 0. The van der Waals surface area contributed by atoms with Gasteiger partial charge >= 0.3 is 0 Å². The summed E-state index contributed by atoms with van der Waals surface area (Å²) in [7, 11) is 0. The van der Waals surface area contributed by atoms with Crippen molar-refractivity contribution >= 4 is 28.9 Å². The molecule has 70 valence electrons. The van der Waals surface area contributed by atoms with Gasteiger partial charge in [-0.05, 0) is 0 Å². The molecule has 1 rings (SSSR count). The molecule has 0 aliphatic heterocycles. The molecule has 0 fully saturated rings. The van der Waals surface area contributed by atoms with Crippen LogP contribution in [-0.2, 0) is 0 Å². The van der Waals surface area contributed by atoms with Crippen LogP contribution in [0.3, 0.4) is 0 Å². The van der Waals surface area contributed by atoms with Crippen molar-refractivity contribution in [3.05, 3.63) is 27.0 Å². The van der Waals surface area contributed by atoms with E-state index in [0.29, 0.717) is 0 Å². The van der Waals surface area contributed by atoms with Gasteiger partial charge in [-0.1, -0.05) is 23.2 Å². The molecule has 0 bridgehead atoms. The van der Waals surface area contributed by atoms with E-state index in [1.165, 1.54) is 6.07 Å². The van der Waals surface area contributed by atoms with E-state index in [1.807, 2.05) is 0 Å². The number of rotatable bonds is 0. The fourth-order valence-corrected chi connectivity index (χ4v) is 1.34. The number of hydrogen-bond donors (Lipinski definition) is 1. The van der Waals surface area contributed by atoms with Gasteiger partial charge in [0.25, 0.3) is 0 Å². The summed E-state index contributed by atoms with van der Waals surface area (Å²) in [6.45, 7) is 0. The van der Waals surface area contributed by atoms with Crippen LogP contribution in [0.4, 0.5) is 10.1 Å². The van der Waals surface area contributed by atoms with Gasteiger partial charge in [-0.3, -0.25) is 0 Å². The molecule has 0 saturated carbocycles. The number of nitrogens with zero attached hydrogens (tertiary/aromatic N) is 2. The number of anilines is 1. The Morgan fingerprint density at radius 2 is 1.57 bits per heavy atom. The summed E-state index contributed by atoms with van der Waals surface area (Å²) < 4.78 is 13.2. The lowest BCUT2D eigenvalue weighted by Crippen LogP contribution is -1.99. The lowest BCUT2D eigenvalue weighted by Gasteiger charge is -2.06. The minimum Gasteiger partial charge on any atom is -0.396 e. The summed E-state index contributed by atoms with van der Waals surface area (Å²) in [5.41, 5.74) is 4.42. The van der Waals surface area contributed by atoms with Gasteiger partial charge in [0.1, 0.15) is 22.7 Å². The van der Waals surface area contributed by atoms with Gasteiger partial charge in [0.05, 0.1) is 16.3 Å². The zero-order valence-electron chi connectivity index (χ0n) is 6.61. The van der Waals surface area contributed by atoms with E-state index in [0.717, 1.165) is 0 Å². The second kappa shape index (κ2) is 3.71. The maximum absolute atomic E-state index is 13.2. The Kier molecular flexibility index (Phi) is 2.81. The molecule has 0 radical (unpaired) electrons. The first-order chi connectivity index (χ1) is 6.54. The van der Waals surface area contributed by atoms with Crippen LogP contribution in [0.25, 0.3) is 0 Å². The van der Waals surface area contributed by atoms with Crippen molar-refractivity contribution < 1.29 is 4.39 Å². The largest absolute Gasteiger partial charge is 0.396 e. The van der Waals surface area contributed by atoms with Crippen LogP contribution in [0.1, 0.15) is 11.1 Å². The van der Waals surface area contributed by atoms with E-state index < -0.39 is 16.4 Å². The molecule has 0 aromatic heterocycles. The Labute approximate surface area is 89.1 Å². The lowest BCUT2D eigenvalue weighted by molar-refractivity contribution is 0.625. The van der Waals surface area contributed by atoms with Gasteiger partial charge < -0.3 is 5.73 Å². The van der Waals surface area contributed by atoms with Crippen molar-refractivity contribution in [2.45, 2.75) is 0 Å². The van der Waals surface area contributed by atoms with Crippen LogP contribution < -0.4 is 5.73 Å². The topological polar surface area (TPSA) is 73.6 Å². The summed E-state index contributed by atoms with van der Waals surface area (Å²) in [5, 5.41) is 16.4. The second-order valence-corrected chi connectivity index (χ2v) is 3.09. The molecular weight excluding hydrogens is 228 g/mol. The van der Waals surface area contributed by atoms with Gasteiger partial charge in [-0.2, -0.15) is 10.5 Å². The molecule has 3 nitrogen and oxygen atoms in total. The number of nitriles is 2. The molecule has 6 heteroatoms. The van der Waals surface area contributed by atoms with E-state index >= 15 is 0 Å². The second-order valence-electron chi connectivity index (χ2n) is 2.33. The molecule has 0 saturated heterocycles. The van der Waals surface area contributed by atoms with Gasteiger partial charge in [0.2, 0.25) is 0 Å². The number of halogens is 3. The maximum atomic E-state index is 13.2. The molecule has 2 N–H and O–H groups in total. The molecule has 0 amide bonds. The molecule has 0 aliphatic rings.